The molecule has 0 aliphatic carbocycles. The van der Waals surface area contributed by atoms with Crippen molar-refractivity contribution in [2.75, 3.05) is 45.3 Å². The van der Waals surface area contributed by atoms with Crippen LogP contribution in [-0.2, 0) is 14.3 Å². The summed E-state index contributed by atoms with van der Waals surface area (Å²) >= 11 is 0. The van der Waals surface area contributed by atoms with E-state index >= 15 is 0 Å². The summed E-state index contributed by atoms with van der Waals surface area (Å²) in [4.78, 5) is 26.4. The lowest BCUT2D eigenvalue weighted by atomic mass is 10.1. The SMILES string of the molecule is CCOCCN1CCNC(CC(=O)Nc2cccc(OC)c2)C1=O.Cl. The normalized spacial score (nSPS) is 17.0. The first-order valence-electron chi connectivity index (χ1n) is 8.18. The molecule has 1 aliphatic rings. The van der Waals surface area contributed by atoms with Gasteiger partial charge in [-0.05, 0) is 19.1 Å². The van der Waals surface area contributed by atoms with Gasteiger partial charge in [0, 0.05) is 38.0 Å². The number of carbonyl (C=O) groups excluding carboxylic acids is 2. The molecule has 1 aliphatic heterocycles. The highest BCUT2D eigenvalue weighted by Crippen LogP contribution is 2.17. The number of amides is 2. The maximum atomic E-state index is 12.4. The summed E-state index contributed by atoms with van der Waals surface area (Å²) in [6, 6.07) is 6.63. The van der Waals surface area contributed by atoms with Gasteiger partial charge in [0.05, 0.1) is 26.2 Å². The minimum Gasteiger partial charge on any atom is -0.497 e. The smallest absolute Gasteiger partial charge is 0.240 e. The van der Waals surface area contributed by atoms with E-state index in [1.165, 1.54) is 0 Å². The Bertz CT molecular complexity index is 571. The minimum atomic E-state index is -0.494. The zero-order chi connectivity index (χ0) is 17.4. The van der Waals surface area contributed by atoms with Crippen LogP contribution in [0.1, 0.15) is 13.3 Å². The maximum absolute atomic E-state index is 12.4. The maximum Gasteiger partial charge on any atom is 0.240 e. The molecule has 2 amide bonds. The summed E-state index contributed by atoms with van der Waals surface area (Å²) in [5.41, 5.74) is 0.649. The Morgan fingerprint density at radius 1 is 1.44 bits per heavy atom. The van der Waals surface area contributed by atoms with Crippen LogP contribution in [0.25, 0.3) is 0 Å². The quantitative estimate of drug-likeness (QED) is 0.673. The summed E-state index contributed by atoms with van der Waals surface area (Å²) in [7, 11) is 1.57. The lowest BCUT2D eigenvalue weighted by Gasteiger charge is -2.32. The van der Waals surface area contributed by atoms with Gasteiger partial charge < -0.3 is 25.0 Å². The van der Waals surface area contributed by atoms with E-state index in [1.54, 1.807) is 36.3 Å². The molecule has 2 rings (SSSR count). The Morgan fingerprint density at radius 2 is 2.24 bits per heavy atom. The number of methoxy groups -OCH3 is 1. The Hall–Kier alpha value is -1.83. The second-order valence-electron chi connectivity index (χ2n) is 5.51. The highest BCUT2D eigenvalue weighted by atomic mass is 35.5. The fourth-order valence-corrected chi connectivity index (χ4v) is 2.59. The molecule has 0 radical (unpaired) electrons. The molecule has 140 valence electrons. The fraction of sp³-hybridized carbons (Fsp3) is 0.529. The van der Waals surface area contributed by atoms with Crippen molar-refractivity contribution < 1.29 is 19.1 Å². The molecule has 7 nitrogen and oxygen atoms in total. The Balaban J connectivity index is 0.00000312. The third-order valence-electron chi connectivity index (χ3n) is 3.83. The molecular weight excluding hydrogens is 346 g/mol. The number of nitrogens with zero attached hydrogens (tertiary/aromatic N) is 1. The van der Waals surface area contributed by atoms with Crippen LogP contribution in [0, 0.1) is 0 Å². The van der Waals surface area contributed by atoms with Crippen molar-refractivity contribution >= 4 is 29.9 Å². The largest absolute Gasteiger partial charge is 0.497 e. The summed E-state index contributed by atoms with van der Waals surface area (Å²) < 4.78 is 10.4. The van der Waals surface area contributed by atoms with E-state index in [0.717, 1.165) is 0 Å². The lowest BCUT2D eigenvalue weighted by Crippen LogP contribution is -2.56. The number of halogens is 1. The van der Waals surface area contributed by atoms with Crippen LogP contribution in [0.15, 0.2) is 24.3 Å². The molecule has 0 bridgehead atoms. The van der Waals surface area contributed by atoms with Crippen molar-refractivity contribution in [3.8, 4) is 5.75 Å². The van der Waals surface area contributed by atoms with Crippen molar-refractivity contribution in [3.63, 3.8) is 0 Å². The van der Waals surface area contributed by atoms with Gasteiger partial charge in [0.1, 0.15) is 5.75 Å². The van der Waals surface area contributed by atoms with Crippen molar-refractivity contribution in [1.29, 1.82) is 0 Å². The van der Waals surface area contributed by atoms with Crippen molar-refractivity contribution in [3.05, 3.63) is 24.3 Å². The number of benzene rings is 1. The predicted molar refractivity (Wildman–Crippen MR) is 98.4 cm³/mol. The van der Waals surface area contributed by atoms with Crippen molar-refractivity contribution in [2.45, 2.75) is 19.4 Å². The number of piperazine rings is 1. The topological polar surface area (TPSA) is 79.9 Å². The third kappa shape index (κ3) is 6.53. The minimum absolute atomic E-state index is 0. The molecule has 1 saturated heterocycles. The highest BCUT2D eigenvalue weighted by Gasteiger charge is 2.29. The number of rotatable bonds is 8. The third-order valence-corrected chi connectivity index (χ3v) is 3.83. The molecule has 0 aromatic heterocycles. The van der Waals surface area contributed by atoms with Gasteiger partial charge in [-0.25, -0.2) is 0 Å². The average Bonchev–Trinajstić information content (AvgIpc) is 2.58. The van der Waals surface area contributed by atoms with Crippen LogP contribution in [0.2, 0.25) is 0 Å². The van der Waals surface area contributed by atoms with E-state index in [0.29, 0.717) is 44.3 Å². The van der Waals surface area contributed by atoms with E-state index in [9.17, 15) is 9.59 Å². The zero-order valence-corrected chi connectivity index (χ0v) is 15.4. The van der Waals surface area contributed by atoms with Crippen LogP contribution in [-0.4, -0.2) is 62.7 Å². The van der Waals surface area contributed by atoms with E-state index in [-0.39, 0.29) is 30.6 Å². The second kappa shape index (κ2) is 10.9. The van der Waals surface area contributed by atoms with Gasteiger partial charge in [-0.3, -0.25) is 9.59 Å². The van der Waals surface area contributed by atoms with Gasteiger partial charge in [0.2, 0.25) is 11.8 Å². The molecule has 2 N–H and O–H groups in total. The molecular formula is C17H26ClN3O4. The fourth-order valence-electron chi connectivity index (χ4n) is 2.59. The summed E-state index contributed by atoms with van der Waals surface area (Å²) in [6.07, 6.45) is 0.0984. The van der Waals surface area contributed by atoms with Crippen LogP contribution >= 0.6 is 12.4 Å². The van der Waals surface area contributed by atoms with Crippen LogP contribution < -0.4 is 15.4 Å². The average molecular weight is 372 g/mol. The van der Waals surface area contributed by atoms with Gasteiger partial charge in [0.25, 0.3) is 0 Å². The monoisotopic (exact) mass is 371 g/mol. The van der Waals surface area contributed by atoms with Crippen molar-refractivity contribution in [2.24, 2.45) is 0 Å². The Kier molecular flexibility index (Phi) is 9.26. The number of carbonyl (C=O) groups is 2. The Morgan fingerprint density at radius 3 is 2.96 bits per heavy atom. The molecule has 1 fully saturated rings. The number of hydrogen-bond donors (Lipinski definition) is 2. The predicted octanol–water partition coefficient (Wildman–Crippen LogP) is 1.28. The number of anilines is 1. The lowest BCUT2D eigenvalue weighted by molar-refractivity contribution is -0.138. The van der Waals surface area contributed by atoms with Gasteiger partial charge in [0.15, 0.2) is 0 Å². The molecule has 8 heteroatoms. The summed E-state index contributed by atoms with van der Waals surface area (Å²) in [5, 5.41) is 5.91. The van der Waals surface area contributed by atoms with Crippen molar-refractivity contribution in [1.82, 2.24) is 10.2 Å². The van der Waals surface area contributed by atoms with Gasteiger partial charge >= 0.3 is 0 Å². The van der Waals surface area contributed by atoms with E-state index in [2.05, 4.69) is 10.6 Å². The molecule has 1 atom stereocenters. The van der Waals surface area contributed by atoms with E-state index in [1.807, 2.05) is 6.92 Å². The standard InChI is InChI=1S/C17H25N3O4.ClH/c1-3-24-10-9-20-8-7-18-15(17(20)22)12-16(21)19-13-5-4-6-14(11-13)23-2;/h4-6,11,15,18H,3,7-10,12H2,1-2H3,(H,19,21);1H. The number of hydrogen-bond acceptors (Lipinski definition) is 5. The first kappa shape index (κ1) is 21.2. The van der Waals surface area contributed by atoms with Gasteiger partial charge in [-0.15, -0.1) is 12.4 Å². The Labute approximate surface area is 154 Å². The number of nitrogens with one attached hydrogen (secondary N) is 2. The molecule has 1 unspecified atom stereocenters. The second-order valence-corrected chi connectivity index (χ2v) is 5.51. The number of ether oxygens (including phenoxy) is 2. The van der Waals surface area contributed by atoms with E-state index < -0.39 is 6.04 Å². The molecule has 1 heterocycles. The molecule has 0 saturated carbocycles. The highest BCUT2D eigenvalue weighted by molar-refractivity contribution is 5.95. The molecule has 1 aromatic rings. The first-order chi connectivity index (χ1) is 11.6. The molecule has 25 heavy (non-hydrogen) atoms. The zero-order valence-electron chi connectivity index (χ0n) is 14.6. The van der Waals surface area contributed by atoms with E-state index in [4.69, 9.17) is 9.47 Å². The summed E-state index contributed by atoms with van der Waals surface area (Å²) in [5.74, 6) is 0.407. The van der Waals surface area contributed by atoms with Gasteiger partial charge in [-0.1, -0.05) is 6.07 Å². The first-order valence-corrected chi connectivity index (χ1v) is 8.18. The van der Waals surface area contributed by atoms with Crippen LogP contribution in [0.5, 0.6) is 5.75 Å². The molecule has 0 spiro atoms. The molecule has 1 aromatic carbocycles. The van der Waals surface area contributed by atoms with Gasteiger partial charge in [-0.2, -0.15) is 0 Å². The van der Waals surface area contributed by atoms with Crippen LogP contribution in [0.4, 0.5) is 5.69 Å². The summed E-state index contributed by atoms with van der Waals surface area (Å²) in [6.45, 7) is 4.94. The van der Waals surface area contributed by atoms with Crippen LogP contribution in [0.3, 0.4) is 0 Å².